The van der Waals surface area contributed by atoms with Gasteiger partial charge in [-0.25, -0.2) is 4.79 Å². The molecule has 0 unspecified atom stereocenters. The van der Waals surface area contributed by atoms with Gasteiger partial charge in [0.15, 0.2) is 0 Å². The van der Waals surface area contributed by atoms with Gasteiger partial charge >= 0.3 is 12.2 Å². The summed E-state index contributed by atoms with van der Waals surface area (Å²) >= 11 is 0. The van der Waals surface area contributed by atoms with E-state index >= 15 is 0 Å². The number of urea groups is 1. The molecule has 2 amide bonds. The van der Waals surface area contributed by atoms with E-state index in [1.807, 2.05) is 0 Å². The Hall–Kier alpha value is -1.02. The highest BCUT2D eigenvalue weighted by Gasteiger charge is 2.27. The Morgan fingerprint density at radius 2 is 1.85 bits per heavy atom. The molecular weight excluding hydrogens is 275 g/mol. The van der Waals surface area contributed by atoms with E-state index in [0.717, 1.165) is 25.7 Å². The number of rotatable bonds is 6. The maximum atomic E-state index is 11.8. The molecule has 5 nitrogen and oxygen atoms in total. The van der Waals surface area contributed by atoms with Gasteiger partial charge in [0.25, 0.3) is 0 Å². The molecular formula is C12H22F3N3O2. The molecule has 1 fully saturated rings. The first-order chi connectivity index (χ1) is 9.37. The van der Waals surface area contributed by atoms with Gasteiger partial charge in [-0.3, -0.25) is 0 Å². The molecule has 20 heavy (non-hydrogen) atoms. The summed E-state index contributed by atoms with van der Waals surface area (Å²) in [5, 5.41) is 4.09. The summed E-state index contributed by atoms with van der Waals surface area (Å²) in [5.74, 6) is 0. The second-order valence-electron chi connectivity index (χ2n) is 4.99. The van der Waals surface area contributed by atoms with Gasteiger partial charge in [-0.2, -0.15) is 13.2 Å². The predicted molar refractivity (Wildman–Crippen MR) is 68.3 cm³/mol. The number of nitrogens with two attached hydrogens (primary N) is 1. The normalized spacial score (nSPS) is 23.4. The summed E-state index contributed by atoms with van der Waals surface area (Å²) in [5.41, 5.74) is 5.78. The van der Waals surface area contributed by atoms with Crippen LogP contribution in [-0.2, 0) is 4.74 Å². The lowest BCUT2D eigenvalue weighted by Gasteiger charge is -2.26. The SMILES string of the molecule is NC1CCC(OCCCNC(=O)NCC(F)(F)F)CC1. The van der Waals surface area contributed by atoms with Crippen molar-refractivity contribution in [2.24, 2.45) is 5.73 Å². The number of ether oxygens (including phenoxy) is 1. The molecule has 1 aliphatic carbocycles. The molecule has 1 saturated carbocycles. The average molecular weight is 297 g/mol. The zero-order valence-electron chi connectivity index (χ0n) is 11.3. The summed E-state index contributed by atoms with van der Waals surface area (Å²) < 4.78 is 41.1. The highest BCUT2D eigenvalue weighted by Crippen LogP contribution is 2.19. The molecule has 0 radical (unpaired) electrons. The van der Waals surface area contributed by atoms with Crippen LogP contribution in [0.4, 0.5) is 18.0 Å². The molecule has 0 saturated heterocycles. The molecule has 0 atom stereocenters. The first-order valence-electron chi connectivity index (χ1n) is 6.82. The number of alkyl halides is 3. The van der Waals surface area contributed by atoms with E-state index in [1.54, 1.807) is 5.32 Å². The first-order valence-corrected chi connectivity index (χ1v) is 6.82. The minimum absolute atomic E-state index is 0.217. The quantitative estimate of drug-likeness (QED) is 0.651. The van der Waals surface area contributed by atoms with Gasteiger partial charge < -0.3 is 21.1 Å². The number of carbonyl (C=O) groups excluding carboxylic acids is 1. The van der Waals surface area contributed by atoms with Crippen LogP contribution in [0.5, 0.6) is 0 Å². The second-order valence-corrected chi connectivity index (χ2v) is 4.99. The van der Waals surface area contributed by atoms with Crippen molar-refractivity contribution in [3.05, 3.63) is 0 Å². The van der Waals surface area contributed by atoms with Gasteiger partial charge in [0.2, 0.25) is 0 Å². The van der Waals surface area contributed by atoms with Crippen molar-refractivity contribution in [2.45, 2.75) is 50.4 Å². The Balaban J connectivity index is 1.95. The van der Waals surface area contributed by atoms with Gasteiger partial charge in [-0.1, -0.05) is 0 Å². The van der Waals surface area contributed by atoms with E-state index in [2.05, 4.69) is 5.32 Å². The van der Waals surface area contributed by atoms with Crippen molar-refractivity contribution in [3.63, 3.8) is 0 Å². The van der Waals surface area contributed by atoms with Crippen LogP contribution in [0.1, 0.15) is 32.1 Å². The monoisotopic (exact) mass is 297 g/mol. The van der Waals surface area contributed by atoms with Gasteiger partial charge in [-0.15, -0.1) is 0 Å². The Morgan fingerprint density at radius 3 is 2.45 bits per heavy atom. The number of nitrogens with one attached hydrogen (secondary N) is 2. The fourth-order valence-corrected chi connectivity index (χ4v) is 2.02. The molecule has 0 spiro atoms. The lowest BCUT2D eigenvalue weighted by atomic mass is 9.94. The molecule has 0 heterocycles. The van der Waals surface area contributed by atoms with E-state index in [-0.39, 0.29) is 18.7 Å². The minimum Gasteiger partial charge on any atom is -0.378 e. The predicted octanol–water partition coefficient (Wildman–Crippen LogP) is 1.52. The van der Waals surface area contributed by atoms with E-state index in [9.17, 15) is 18.0 Å². The Kier molecular flexibility index (Phi) is 7.08. The van der Waals surface area contributed by atoms with Gasteiger partial charge in [-0.05, 0) is 32.1 Å². The fraction of sp³-hybridized carbons (Fsp3) is 0.917. The third-order valence-corrected chi connectivity index (χ3v) is 3.13. The summed E-state index contributed by atoms with van der Waals surface area (Å²) in [6.45, 7) is -0.549. The van der Waals surface area contributed by atoms with Crippen molar-refractivity contribution in [2.75, 3.05) is 19.7 Å². The third-order valence-electron chi connectivity index (χ3n) is 3.13. The van der Waals surface area contributed by atoms with Crippen LogP contribution >= 0.6 is 0 Å². The molecule has 0 aromatic heterocycles. The van der Waals surface area contributed by atoms with Crippen molar-refractivity contribution < 1.29 is 22.7 Å². The maximum Gasteiger partial charge on any atom is 0.405 e. The molecule has 0 aromatic rings. The molecule has 0 aromatic carbocycles. The third kappa shape index (κ3) is 8.21. The lowest BCUT2D eigenvalue weighted by molar-refractivity contribution is -0.122. The van der Waals surface area contributed by atoms with Gasteiger partial charge in [0.1, 0.15) is 6.54 Å². The Labute approximate surface area is 116 Å². The average Bonchev–Trinajstić information content (AvgIpc) is 2.37. The van der Waals surface area contributed by atoms with Crippen LogP contribution in [0.2, 0.25) is 0 Å². The number of hydrogen-bond acceptors (Lipinski definition) is 3. The lowest BCUT2D eigenvalue weighted by Crippen LogP contribution is -2.41. The fourth-order valence-electron chi connectivity index (χ4n) is 2.02. The Bertz CT molecular complexity index is 292. The van der Waals surface area contributed by atoms with Crippen LogP contribution < -0.4 is 16.4 Å². The van der Waals surface area contributed by atoms with Crippen LogP contribution in [-0.4, -0.2) is 44.0 Å². The maximum absolute atomic E-state index is 11.8. The van der Waals surface area contributed by atoms with E-state index in [1.165, 1.54) is 0 Å². The number of amides is 2. The minimum atomic E-state index is -4.39. The highest BCUT2D eigenvalue weighted by molar-refractivity contribution is 5.73. The van der Waals surface area contributed by atoms with Crippen molar-refractivity contribution in [1.29, 1.82) is 0 Å². The van der Waals surface area contributed by atoms with Crippen molar-refractivity contribution in [1.82, 2.24) is 10.6 Å². The topological polar surface area (TPSA) is 76.4 Å². The molecule has 0 bridgehead atoms. The van der Waals surface area contributed by atoms with Crippen LogP contribution in [0.15, 0.2) is 0 Å². The van der Waals surface area contributed by atoms with Crippen molar-refractivity contribution >= 4 is 6.03 Å². The molecule has 118 valence electrons. The van der Waals surface area contributed by atoms with Crippen LogP contribution in [0.3, 0.4) is 0 Å². The molecule has 1 aliphatic rings. The standard InChI is InChI=1S/C12H22F3N3O2/c13-12(14,15)8-18-11(19)17-6-1-7-20-10-4-2-9(16)3-5-10/h9-10H,1-8,16H2,(H2,17,18,19). The van der Waals surface area contributed by atoms with Crippen LogP contribution in [0.25, 0.3) is 0 Å². The van der Waals surface area contributed by atoms with Gasteiger partial charge in [0.05, 0.1) is 6.10 Å². The van der Waals surface area contributed by atoms with E-state index in [0.29, 0.717) is 13.0 Å². The number of halogens is 3. The molecule has 1 rings (SSSR count). The first kappa shape index (κ1) is 17.0. The molecule has 8 heteroatoms. The van der Waals surface area contributed by atoms with E-state index in [4.69, 9.17) is 10.5 Å². The Morgan fingerprint density at radius 1 is 1.20 bits per heavy atom. The summed E-state index contributed by atoms with van der Waals surface area (Å²) in [4.78, 5) is 11.0. The smallest absolute Gasteiger partial charge is 0.378 e. The van der Waals surface area contributed by atoms with Gasteiger partial charge in [0, 0.05) is 19.2 Å². The number of carbonyl (C=O) groups is 1. The summed E-state index contributed by atoms with van der Waals surface area (Å²) in [7, 11) is 0. The zero-order chi connectivity index (χ0) is 15.0. The van der Waals surface area contributed by atoms with E-state index < -0.39 is 18.8 Å². The summed E-state index contributed by atoms with van der Waals surface area (Å²) in [6.07, 6.45) is 0.214. The largest absolute Gasteiger partial charge is 0.405 e. The second kappa shape index (κ2) is 8.31. The molecule has 4 N–H and O–H groups in total. The van der Waals surface area contributed by atoms with Crippen LogP contribution in [0, 0.1) is 0 Å². The number of hydrogen-bond donors (Lipinski definition) is 3. The zero-order valence-corrected chi connectivity index (χ0v) is 11.3. The molecule has 0 aliphatic heterocycles. The summed E-state index contributed by atoms with van der Waals surface area (Å²) in [6, 6.07) is -0.542. The van der Waals surface area contributed by atoms with Crippen molar-refractivity contribution in [3.8, 4) is 0 Å². The highest BCUT2D eigenvalue weighted by atomic mass is 19.4.